The molecule has 2 heterocycles. The fourth-order valence-electron chi connectivity index (χ4n) is 9.26. The number of benzene rings is 9. The molecule has 2 aromatic heterocycles. The summed E-state index contributed by atoms with van der Waals surface area (Å²) >= 11 is 6.11. The van der Waals surface area contributed by atoms with Gasteiger partial charge in [-0.1, -0.05) is 238 Å². The molecule has 0 aliphatic heterocycles. The number of hydrogen-bond donors (Lipinski definition) is 0. The Morgan fingerprint density at radius 3 is 1.19 bits per heavy atom. The standard InChI is InChI=1S/C40H29N3.C21H14ClN3/c1-40(2)34-19-11-18-33(35(34)32-25-24-28-14-9-10-17-31(28)36(32)40)39-42-37(29-15-7-4-8-16-29)41-38(43-39)30-22-20-27(21-23-30)26-12-5-3-6-13-26;22-21-24-19(17-9-5-2-6-10-17)23-20(25-21)18-13-11-16(12-14-18)15-7-3-1-4-8-15/h3-25H,1-2H3;1-14H. The Kier molecular flexibility index (Phi) is 11.2. The first kappa shape index (κ1) is 42.2. The van der Waals surface area contributed by atoms with E-state index in [0.29, 0.717) is 29.1 Å². The average Bonchev–Trinajstić information content (AvgIpc) is 3.65. The van der Waals surface area contributed by atoms with Crippen molar-refractivity contribution in [3.05, 3.63) is 241 Å². The highest BCUT2D eigenvalue weighted by molar-refractivity contribution is 6.28. The molecule has 11 aromatic rings. The summed E-state index contributed by atoms with van der Waals surface area (Å²) in [4.78, 5) is 28.3. The Labute approximate surface area is 400 Å². The molecule has 1 aliphatic carbocycles. The molecule has 0 spiro atoms. The van der Waals surface area contributed by atoms with Crippen molar-refractivity contribution in [2.24, 2.45) is 0 Å². The fraction of sp³-hybridized carbons (Fsp3) is 0.0492. The van der Waals surface area contributed by atoms with Crippen molar-refractivity contribution in [2.75, 3.05) is 0 Å². The lowest BCUT2D eigenvalue weighted by Gasteiger charge is -2.23. The summed E-state index contributed by atoms with van der Waals surface area (Å²) in [5.41, 5.74) is 14.4. The van der Waals surface area contributed by atoms with E-state index in [-0.39, 0.29) is 10.7 Å². The topological polar surface area (TPSA) is 77.3 Å². The lowest BCUT2D eigenvalue weighted by atomic mass is 9.80. The van der Waals surface area contributed by atoms with Gasteiger partial charge in [0, 0.05) is 33.2 Å². The van der Waals surface area contributed by atoms with Crippen LogP contribution in [0.15, 0.2) is 224 Å². The van der Waals surface area contributed by atoms with Crippen molar-refractivity contribution < 1.29 is 0 Å². The molecule has 0 saturated carbocycles. The van der Waals surface area contributed by atoms with Crippen LogP contribution in [-0.4, -0.2) is 29.9 Å². The lowest BCUT2D eigenvalue weighted by Crippen LogP contribution is -2.15. The molecule has 7 heteroatoms. The number of aromatic nitrogens is 6. The van der Waals surface area contributed by atoms with Crippen molar-refractivity contribution in [2.45, 2.75) is 19.3 Å². The van der Waals surface area contributed by atoms with Gasteiger partial charge in [0.15, 0.2) is 29.1 Å². The second-order valence-corrected chi connectivity index (χ2v) is 17.6. The molecule has 0 bridgehead atoms. The SMILES string of the molecule is CC1(C)c2cccc(-c3nc(-c4ccccc4)nc(-c4ccc(-c5ccccc5)cc4)n3)c2-c2ccc3ccccc3c21.Clc1nc(-c2ccccc2)nc(-c2ccc(-c3ccccc3)cc2)n1. The van der Waals surface area contributed by atoms with E-state index < -0.39 is 0 Å². The monoisotopic (exact) mass is 894 g/mol. The Morgan fingerprint density at radius 1 is 0.309 bits per heavy atom. The van der Waals surface area contributed by atoms with Crippen LogP contribution in [0, 0.1) is 0 Å². The van der Waals surface area contributed by atoms with Gasteiger partial charge in [0.2, 0.25) is 5.28 Å². The van der Waals surface area contributed by atoms with Gasteiger partial charge in [-0.25, -0.2) is 19.9 Å². The lowest BCUT2D eigenvalue weighted by molar-refractivity contribution is 0.666. The molecule has 0 unspecified atom stereocenters. The summed E-state index contributed by atoms with van der Waals surface area (Å²) < 4.78 is 0. The largest absolute Gasteiger partial charge is 0.226 e. The first-order chi connectivity index (χ1) is 33.4. The summed E-state index contributed by atoms with van der Waals surface area (Å²) in [5.74, 6) is 3.16. The summed E-state index contributed by atoms with van der Waals surface area (Å²) in [6.45, 7) is 4.66. The molecular formula is C61H43ClN6. The van der Waals surface area contributed by atoms with Crippen LogP contribution in [0.3, 0.4) is 0 Å². The van der Waals surface area contributed by atoms with E-state index in [2.05, 4.69) is 168 Å². The van der Waals surface area contributed by atoms with E-state index in [1.807, 2.05) is 84.9 Å². The Balaban J connectivity index is 0.000000172. The van der Waals surface area contributed by atoms with Crippen LogP contribution in [0.4, 0.5) is 0 Å². The van der Waals surface area contributed by atoms with E-state index in [1.54, 1.807) is 0 Å². The minimum atomic E-state index is -0.160. The van der Waals surface area contributed by atoms with E-state index in [9.17, 15) is 0 Å². The first-order valence-electron chi connectivity index (χ1n) is 22.6. The van der Waals surface area contributed by atoms with Crippen LogP contribution in [0.2, 0.25) is 5.28 Å². The maximum atomic E-state index is 6.11. The van der Waals surface area contributed by atoms with Crippen molar-refractivity contribution >= 4 is 22.4 Å². The number of rotatable bonds is 7. The molecule has 9 aromatic carbocycles. The summed E-state index contributed by atoms with van der Waals surface area (Å²) in [7, 11) is 0. The molecule has 1 aliphatic rings. The fourth-order valence-corrected chi connectivity index (χ4v) is 9.42. The smallest absolute Gasteiger partial charge is 0.208 e. The number of fused-ring (bicyclic) bond motifs is 5. The quantitative estimate of drug-likeness (QED) is 0.159. The molecular weight excluding hydrogens is 852 g/mol. The van der Waals surface area contributed by atoms with E-state index in [1.165, 1.54) is 44.2 Å². The molecule has 0 fully saturated rings. The first-order valence-corrected chi connectivity index (χ1v) is 23.0. The Morgan fingerprint density at radius 2 is 0.691 bits per heavy atom. The summed E-state index contributed by atoms with van der Waals surface area (Å²) in [6.07, 6.45) is 0. The highest BCUT2D eigenvalue weighted by Crippen LogP contribution is 2.54. The normalized spacial score (nSPS) is 12.2. The van der Waals surface area contributed by atoms with Crippen LogP contribution in [0.5, 0.6) is 0 Å². The minimum Gasteiger partial charge on any atom is -0.208 e. The van der Waals surface area contributed by atoms with Gasteiger partial charge in [-0.3, -0.25) is 0 Å². The molecule has 0 saturated heterocycles. The molecule has 0 radical (unpaired) electrons. The second-order valence-electron chi connectivity index (χ2n) is 17.2. The molecule has 6 nitrogen and oxygen atoms in total. The third kappa shape index (κ3) is 8.23. The Bertz CT molecular complexity index is 3570. The number of nitrogens with zero attached hydrogens (tertiary/aromatic N) is 6. The maximum absolute atomic E-state index is 6.11. The van der Waals surface area contributed by atoms with Gasteiger partial charge in [0.05, 0.1) is 0 Å². The highest BCUT2D eigenvalue weighted by atomic mass is 35.5. The number of hydrogen-bond acceptors (Lipinski definition) is 6. The van der Waals surface area contributed by atoms with Crippen molar-refractivity contribution in [1.29, 1.82) is 0 Å². The molecule has 0 amide bonds. The second kappa shape index (κ2) is 18.1. The number of halogens is 1. The maximum Gasteiger partial charge on any atom is 0.226 e. The zero-order valence-electron chi connectivity index (χ0n) is 37.4. The van der Waals surface area contributed by atoms with Crippen molar-refractivity contribution in [1.82, 2.24) is 29.9 Å². The van der Waals surface area contributed by atoms with E-state index >= 15 is 0 Å². The van der Waals surface area contributed by atoms with E-state index in [4.69, 9.17) is 26.6 Å². The molecule has 12 rings (SSSR count). The summed E-state index contributed by atoms with van der Waals surface area (Å²) in [5, 5.41) is 2.75. The molecule has 324 valence electrons. The summed E-state index contributed by atoms with van der Waals surface area (Å²) in [6, 6.07) is 77.0. The van der Waals surface area contributed by atoms with Crippen LogP contribution in [0.1, 0.15) is 25.0 Å². The minimum absolute atomic E-state index is 0.160. The van der Waals surface area contributed by atoms with Crippen LogP contribution < -0.4 is 0 Å². The van der Waals surface area contributed by atoms with Crippen molar-refractivity contribution in [3.63, 3.8) is 0 Å². The zero-order valence-corrected chi connectivity index (χ0v) is 38.2. The predicted octanol–water partition coefficient (Wildman–Crippen LogP) is 15.5. The van der Waals surface area contributed by atoms with Crippen LogP contribution in [-0.2, 0) is 5.41 Å². The third-order valence-electron chi connectivity index (χ3n) is 12.6. The van der Waals surface area contributed by atoms with Gasteiger partial charge in [0.25, 0.3) is 0 Å². The zero-order chi connectivity index (χ0) is 46.0. The van der Waals surface area contributed by atoms with Gasteiger partial charge < -0.3 is 0 Å². The molecule has 0 atom stereocenters. The van der Waals surface area contributed by atoms with Crippen LogP contribution in [0.25, 0.3) is 101 Å². The average molecular weight is 896 g/mol. The van der Waals surface area contributed by atoms with Gasteiger partial charge in [0.1, 0.15) is 0 Å². The van der Waals surface area contributed by atoms with Gasteiger partial charge in [-0.15, -0.1) is 0 Å². The van der Waals surface area contributed by atoms with Crippen LogP contribution >= 0.6 is 11.6 Å². The van der Waals surface area contributed by atoms with Gasteiger partial charge in [-0.2, -0.15) is 9.97 Å². The van der Waals surface area contributed by atoms with Gasteiger partial charge in [-0.05, 0) is 66.9 Å². The van der Waals surface area contributed by atoms with E-state index in [0.717, 1.165) is 38.9 Å². The van der Waals surface area contributed by atoms with Gasteiger partial charge >= 0.3 is 0 Å². The highest BCUT2D eigenvalue weighted by Gasteiger charge is 2.38. The predicted molar refractivity (Wildman–Crippen MR) is 278 cm³/mol. The Hall–Kier alpha value is -8.45. The molecule has 0 N–H and O–H groups in total. The molecule has 68 heavy (non-hydrogen) atoms. The third-order valence-corrected chi connectivity index (χ3v) is 12.8. The van der Waals surface area contributed by atoms with Crippen molar-refractivity contribution in [3.8, 4) is 90.3 Å².